The van der Waals surface area contributed by atoms with E-state index in [4.69, 9.17) is 14.2 Å². The number of carbonyl (C=O) groups excluding carboxylic acids is 3. The van der Waals surface area contributed by atoms with Crippen molar-refractivity contribution in [1.82, 2.24) is 0 Å². The lowest BCUT2D eigenvalue weighted by atomic mass is 10.1. The van der Waals surface area contributed by atoms with E-state index in [1.54, 1.807) is 0 Å². The minimum Gasteiger partial charge on any atom is -0.462 e. The van der Waals surface area contributed by atoms with Crippen molar-refractivity contribution in [3.63, 3.8) is 0 Å². The highest BCUT2D eigenvalue weighted by Crippen LogP contribution is 2.14. The van der Waals surface area contributed by atoms with Gasteiger partial charge in [0.05, 0.1) is 0 Å². The van der Waals surface area contributed by atoms with Crippen LogP contribution in [-0.4, -0.2) is 37.2 Å². The first-order valence-corrected chi connectivity index (χ1v) is 25.3. The van der Waals surface area contributed by atoms with Gasteiger partial charge < -0.3 is 14.2 Å². The van der Waals surface area contributed by atoms with Gasteiger partial charge in [-0.25, -0.2) is 0 Å². The zero-order valence-corrected chi connectivity index (χ0v) is 39.5. The van der Waals surface area contributed by atoms with Crippen molar-refractivity contribution < 1.29 is 28.6 Å². The molecule has 6 heteroatoms. The highest BCUT2D eigenvalue weighted by molar-refractivity contribution is 5.71. The van der Waals surface area contributed by atoms with Gasteiger partial charge in [-0.15, -0.1) is 0 Å². The first-order valence-electron chi connectivity index (χ1n) is 25.3. The van der Waals surface area contributed by atoms with E-state index >= 15 is 0 Å². The summed E-state index contributed by atoms with van der Waals surface area (Å²) in [5.41, 5.74) is 0. The lowest BCUT2D eigenvalue weighted by Gasteiger charge is -2.18. The molecule has 0 saturated heterocycles. The van der Waals surface area contributed by atoms with Crippen LogP contribution in [-0.2, 0) is 28.6 Å². The Balaban J connectivity index is 4.32. The smallest absolute Gasteiger partial charge is 0.306 e. The maximum Gasteiger partial charge on any atom is 0.306 e. The van der Waals surface area contributed by atoms with E-state index in [9.17, 15) is 14.4 Å². The number of carbonyl (C=O) groups is 3. The average Bonchev–Trinajstić information content (AvgIpc) is 3.24. The van der Waals surface area contributed by atoms with Gasteiger partial charge in [0.2, 0.25) is 0 Å². The van der Waals surface area contributed by atoms with Crippen molar-refractivity contribution in [2.45, 2.75) is 252 Å². The zero-order chi connectivity index (χ0) is 43.7. The van der Waals surface area contributed by atoms with Gasteiger partial charge in [-0.1, -0.05) is 204 Å². The topological polar surface area (TPSA) is 78.9 Å². The molecule has 0 N–H and O–H groups in total. The van der Waals surface area contributed by atoms with E-state index in [1.165, 1.54) is 109 Å². The van der Waals surface area contributed by atoms with E-state index in [0.29, 0.717) is 19.3 Å². The molecule has 0 fully saturated rings. The summed E-state index contributed by atoms with van der Waals surface area (Å²) >= 11 is 0. The van der Waals surface area contributed by atoms with Crippen molar-refractivity contribution in [1.29, 1.82) is 0 Å². The summed E-state index contributed by atoms with van der Waals surface area (Å²) in [5, 5.41) is 0. The Morgan fingerprint density at radius 2 is 0.650 bits per heavy atom. The first kappa shape index (κ1) is 57.1. The van der Waals surface area contributed by atoms with Crippen LogP contribution in [0.3, 0.4) is 0 Å². The van der Waals surface area contributed by atoms with Gasteiger partial charge in [0.25, 0.3) is 0 Å². The fourth-order valence-corrected chi connectivity index (χ4v) is 6.96. The third-order valence-corrected chi connectivity index (χ3v) is 10.8. The molecule has 0 aromatic carbocycles. The van der Waals surface area contributed by atoms with Crippen LogP contribution in [0.1, 0.15) is 245 Å². The molecule has 0 aliphatic rings. The van der Waals surface area contributed by atoms with Gasteiger partial charge in [0, 0.05) is 19.3 Å². The molecule has 0 heterocycles. The third-order valence-electron chi connectivity index (χ3n) is 10.8. The molecule has 0 spiro atoms. The highest BCUT2D eigenvalue weighted by atomic mass is 16.6. The Labute approximate surface area is 370 Å². The van der Waals surface area contributed by atoms with E-state index in [0.717, 1.165) is 96.3 Å². The van der Waals surface area contributed by atoms with Crippen molar-refractivity contribution in [2.75, 3.05) is 13.2 Å². The fourth-order valence-electron chi connectivity index (χ4n) is 6.96. The van der Waals surface area contributed by atoms with E-state index in [2.05, 4.69) is 81.5 Å². The summed E-state index contributed by atoms with van der Waals surface area (Å²) in [6.45, 7) is 6.46. The Hall–Kier alpha value is -2.89. The van der Waals surface area contributed by atoms with Crippen molar-refractivity contribution in [3.05, 3.63) is 60.8 Å². The molecule has 0 aliphatic heterocycles. The van der Waals surface area contributed by atoms with Crippen molar-refractivity contribution in [3.8, 4) is 0 Å². The lowest BCUT2D eigenvalue weighted by molar-refractivity contribution is -0.167. The second-order valence-electron chi connectivity index (χ2n) is 16.7. The van der Waals surface area contributed by atoms with Crippen LogP contribution in [0.5, 0.6) is 0 Å². The number of esters is 3. The normalized spacial score (nSPS) is 12.5. The molecule has 0 aliphatic carbocycles. The summed E-state index contributed by atoms with van der Waals surface area (Å²) in [5.74, 6) is -0.899. The Kier molecular flexibility index (Phi) is 46.4. The second-order valence-corrected chi connectivity index (χ2v) is 16.7. The molecule has 0 rings (SSSR count). The van der Waals surface area contributed by atoms with Crippen LogP contribution in [0.2, 0.25) is 0 Å². The van der Waals surface area contributed by atoms with Crippen LogP contribution in [0.15, 0.2) is 60.8 Å². The van der Waals surface area contributed by atoms with Crippen LogP contribution < -0.4 is 0 Å². The quantitative estimate of drug-likeness (QED) is 0.0263. The monoisotopic (exact) mass is 839 g/mol. The van der Waals surface area contributed by atoms with E-state index in [-0.39, 0.29) is 31.1 Å². The molecule has 1 unspecified atom stereocenters. The summed E-state index contributed by atoms with van der Waals surface area (Å²) in [7, 11) is 0. The Morgan fingerprint density at radius 1 is 0.350 bits per heavy atom. The minimum atomic E-state index is -0.779. The third kappa shape index (κ3) is 46.2. The molecule has 0 aromatic rings. The van der Waals surface area contributed by atoms with Crippen molar-refractivity contribution in [2.24, 2.45) is 0 Å². The molecule has 1 atom stereocenters. The Morgan fingerprint density at radius 3 is 1.05 bits per heavy atom. The maximum atomic E-state index is 12.8. The maximum absolute atomic E-state index is 12.8. The van der Waals surface area contributed by atoms with Crippen LogP contribution in [0.4, 0.5) is 0 Å². The summed E-state index contributed by atoms with van der Waals surface area (Å²) in [6, 6.07) is 0. The summed E-state index contributed by atoms with van der Waals surface area (Å²) in [6.07, 6.45) is 59.2. The van der Waals surface area contributed by atoms with Crippen LogP contribution in [0.25, 0.3) is 0 Å². The number of hydrogen-bond acceptors (Lipinski definition) is 6. The number of hydrogen-bond donors (Lipinski definition) is 0. The number of unbranched alkanes of at least 4 members (excludes halogenated alkanes) is 24. The molecule has 6 nitrogen and oxygen atoms in total. The summed E-state index contributed by atoms with van der Waals surface area (Å²) < 4.78 is 16.7. The predicted octanol–water partition coefficient (Wildman–Crippen LogP) is 16.5. The largest absolute Gasteiger partial charge is 0.462 e. The van der Waals surface area contributed by atoms with Gasteiger partial charge in [-0.05, 0) is 83.5 Å². The molecule has 0 amide bonds. The van der Waals surface area contributed by atoms with E-state index < -0.39 is 6.10 Å². The number of ether oxygens (including phenoxy) is 3. The number of allylic oxidation sites excluding steroid dienone is 10. The molecule has 0 saturated carbocycles. The Bertz CT molecular complexity index is 1100. The molecule has 0 aromatic heterocycles. The van der Waals surface area contributed by atoms with Crippen molar-refractivity contribution >= 4 is 17.9 Å². The first-order chi connectivity index (χ1) is 29.5. The fraction of sp³-hybridized carbons (Fsp3) is 0.759. The average molecular weight is 839 g/mol. The molecule has 60 heavy (non-hydrogen) atoms. The summed E-state index contributed by atoms with van der Waals surface area (Å²) in [4.78, 5) is 37.8. The molecule has 0 radical (unpaired) electrons. The predicted molar refractivity (Wildman–Crippen MR) is 256 cm³/mol. The van der Waals surface area contributed by atoms with Gasteiger partial charge >= 0.3 is 17.9 Å². The number of rotatable bonds is 45. The van der Waals surface area contributed by atoms with Gasteiger partial charge in [0.15, 0.2) is 6.10 Å². The van der Waals surface area contributed by atoms with Crippen LogP contribution in [0, 0.1) is 0 Å². The zero-order valence-electron chi connectivity index (χ0n) is 39.5. The van der Waals surface area contributed by atoms with Gasteiger partial charge in [0.1, 0.15) is 13.2 Å². The lowest BCUT2D eigenvalue weighted by Crippen LogP contribution is -2.30. The molecular weight excluding hydrogens is 745 g/mol. The molecule has 0 bridgehead atoms. The molecular formula is C54H94O6. The van der Waals surface area contributed by atoms with Gasteiger partial charge in [-0.3, -0.25) is 14.4 Å². The van der Waals surface area contributed by atoms with Gasteiger partial charge in [-0.2, -0.15) is 0 Å². The standard InChI is InChI=1S/C54H94O6/c1-4-7-10-13-16-19-21-23-25-27-29-31-33-35-38-41-44-47-53(56)59-50-51(49-58-52(55)46-43-40-37-18-15-12-9-6-3)60-54(57)48-45-42-39-36-34-32-30-28-26-24-22-20-17-14-11-8-5-2/h7,10,16-17,19-20,23-26,51H,4-6,8-9,11-15,18,21-22,27-50H2,1-3H3/b10-7-,19-16-,20-17-,25-23-,26-24-. The minimum absolute atomic E-state index is 0.0798. The van der Waals surface area contributed by atoms with Crippen LogP contribution >= 0.6 is 0 Å². The SMILES string of the molecule is CC/C=C\C/C=C\C/C=C\CCCCCCCCCC(=O)OCC(COC(=O)CCCCCCCCCC)OC(=O)CCCCCCCCC/C=C\C/C=C\CCCCC. The molecule has 346 valence electrons. The second kappa shape index (κ2) is 48.8. The van der Waals surface area contributed by atoms with E-state index in [1.807, 2.05) is 0 Å². The highest BCUT2D eigenvalue weighted by Gasteiger charge is 2.19.